The molecular formula is C14H20N2O3. The van der Waals surface area contributed by atoms with Crippen LogP contribution in [0, 0.1) is 0 Å². The van der Waals surface area contributed by atoms with Crippen LogP contribution in [0.4, 0.5) is 0 Å². The second kappa shape index (κ2) is 4.98. The van der Waals surface area contributed by atoms with Gasteiger partial charge in [-0.15, -0.1) is 0 Å². The molecule has 1 aromatic rings. The van der Waals surface area contributed by atoms with Gasteiger partial charge in [0.25, 0.3) is 0 Å². The lowest BCUT2D eigenvalue weighted by molar-refractivity contribution is -0.136. The highest BCUT2D eigenvalue weighted by Gasteiger charge is 2.33. The van der Waals surface area contributed by atoms with E-state index in [1.54, 1.807) is 6.26 Å². The van der Waals surface area contributed by atoms with E-state index < -0.39 is 0 Å². The quantitative estimate of drug-likeness (QED) is 0.856. The van der Waals surface area contributed by atoms with Gasteiger partial charge in [-0.2, -0.15) is 0 Å². The molecule has 0 spiro atoms. The van der Waals surface area contributed by atoms with Gasteiger partial charge in [-0.3, -0.25) is 4.79 Å². The molecule has 1 unspecified atom stereocenters. The first-order chi connectivity index (χ1) is 9.16. The maximum atomic E-state index is 11.9. The van der Waals surface area contributed by atoms with Crippen LogP contribution in [0.15, 0.2) is 16.7 Å². The van der Waals surface area contributed by atoms with Gasteiger partial charge in [-0.05, 0) is 25.8 Å². The molecule has 1 fully saturated rings. The zero-order valence-electron chi connectivity index (χ0n) is 11.2. The largest absolute Gasteiger partial charge is 0.469 e. The van der Waals surface area contributed by atoms with E-state index in [4.69, 9.17) is 9.15 Å². The van der Waals surface area contributed by atoms with Crippen molar-refractivity contribution in [3.05, 3.63) is 23.7 Å². The van der Waals surface area contributed by atoms with Gasteiger partial charge in [0.2, 0.25) is 5.91 Å². The van der Waals surface area contributed by atoms with Crippen LogP contribution < -0.4 is 10.6 Å². The van der Waals surface area contributed by atoms with Gasteiger partial charge < -0.3 is 19.8 Å². The first-order valence-electron chi connectivity index (χ1n) is 6.87. The van der Waals surface area contributed by atoms with Crippen molar-refractivity contribution in [2.45, 2.75) is 37.8 Å². The van der Waals surface area contributed by atoms with Gasteiger partial charge in [-0.25, -0.2) is 0 Å². The fraction of sp³-hybridized carbons (Fsp3) is 0.643. The van der Waals surface area contributed by atoms with Crippen LogP contribution in [0.3, 0.4) is 0 Å². The van der Waals surface area contributed by atoms with Crippen LogP contribution in [0.5, 0.6) is 0 Å². The summed E-state index contributed by atoms with van der Waals surface area (Å²) in [5, 5.41) is 6.18. The Labute approximate surface area is 112 Å². The van der Waals surface area contributed by atoms with Crippen LogP contribution in [0.1, 0.15) is 37.1 Å². The molecule has 1 atom stereocenters. The Morgan fingerprint density at radius 1 is 1.63 bits per heavy atom. The Bertz CT molecular complexity index is 465. The fourth-order valence-corrected chi connectivity index (χ4v) is 2.69. The van der Waals surface area contributed by atoms with E-state index in [1.165, 1.54) is 0 Å². The van der Waals surface area contributed by atoms with Crippen molar-refractivity contribution in [2.75, 3.05) is 19.7 Å². The van der Waals surface area contributed by atoms with Crippen LogP contribution >= 0.6 is 0 Å². The minimum Gasteiger partial charge on any atom is -0.469 e. The van der Waals surface area contributed by atoms with E-state index in [0.717, 1.165) is 43.7 Å². The van der Waals surface area contributed by atoms with Crippen LogP contribution in [-0.2, 0) is 16.0 Å². The Hall–Kier alpha value is -1.33. The number of ether oxygens (including phenoxy) is 1. The molecule has 104 valence electrons. The van der Waals surface area contributed by atoms with Gasteiger partial charge in [0.15, 0.2) is 0 Å². The number of carbonyl (C=O) groups is 1. The first-order valence-corrected chi connectivity index (χ1v) is 6.87. The highest BCUT2D eigenvalue weighted by Crippen LogP contribution is 2.30. The van der Waals surface area contributed by atoms with Crippen molar-refractivity contribution < 1.29 is 13.9 Å². The second-order valence-electron chi connectivity index (χ2n) is 5.65. The van der Waals surface area contributed by atoms with Crippen LogP contribution in [0.2, 0.25) is 0 Å². The topological polar surface area (TPSA) is 63.5 Å². The number of aryl methyl sites for hydroxylation is 1. The molecule has 3 rings (SSSR count). The highest BCUT2D eigenvalue weighted by molar-refractivity contribution is 5.77. The Morgan fingerprint density at radius 3 is 3.21 bits per heavy atom. The minimum atomic E-state index is -0.176. The molecule has 1 amide bonds. The molecule has 1 saturated heterocycles. The molecule has 1 aliphatic heterocycles. The van der Waals surface area contributed by atoms with Crippen LogP contribution in [-0.4, -0.2) is 31.2 Å². The molecule has 19 heavy (non-hydrogen) atoms. The minimum absolute atomic E-state index is 0.0489. The van der Waals surface area contributed by atoms with Crippen molar-refractivity contribution in [3.63, 3.8) is 0 Å². The molecule has 0 saturated carbocycles. The standard InChI is InChI=1S/C14H20N2O3/c1-14(8-15-9-14)19-7-13(17)16-11-3-2-4-12-10(11)5-6-18-12/h5-6,11,15H,2-4,7-9H2,1H3,(H,16,17). The predicted octanol–water partition coefficient (Wildman–Crippen LogP) is 1.15. The van der Waals surface area contributed by atoms with Crippen molar-refractivity contribution in [2.24, 2.45) is 0 Å². The maximum Gasteiger partial charge on any atom is 0.246 e. The highest BCUT2D eigenvalue weighted by atomic mass is 16.5. The van der Waals surface area contributed by atoms with E-state index in [1.807, 2.05) is 13.0 Å². The lowest BCUT2D eigenvalue weighted by Gasteiger charge is -2.38. The van der Waals surface area contributed by atoms with E-state index in [-0.39, 0.29) is 24.2 Å². The molecule has 2 aliphatic rings. The monoisotopic (exact) mass is 264 g/mol. The normalized spacial score (nSPS) is 24.4. The summed E-state index contributed by atoms with van der Waals surface area (Å²) in [5.74, 6) is 0.958. The number of nitrogens with one attached hydrogen (secondary N) is 2. The molecule has 0 aromatic carbocycles. The van der Waals surface area contributed by atoms with E-state index in [2.05, 4.69) is 10.6 Å². The summed E-state index contributed by atoms with van der Waals surface area (Å²) in [7, 11) is 0. The number of furan rings is 1. The van der Waals surface area contributed by atoms with Gasteiger partial charge >= 0.3 is 0 Å². The maximum absolute atomic E-state index is 11.9. The summed E-state index contributed by atoms with van der Waals surface area (Å²) >= 11 is 0. The summed E-state index contributed by atoms with van der Waals surface area (Å²) in [6.07, 6.45) is 4.69. The smallest absolute Gasteiger partial charge is 0.246 e. The molecule has 0 bridgehead atoms. The number of hydrogen-bond acceptors (Lipinski definition) is 4. The third-order valence-electron chi connectivity index (χ3n) is 3.94. The first kappa shape index (κ1) is 12.7. The van der Waals surface area contributed by atoms with Crippen molar-refractivity contribution in [1.82, 2.24) is 10.6 Å². The molecule has 5 nitrogen and oxygen atoms in total. The molecule has 0 radical (unpaired) electrons. The third-order valence-corrected chi connectivity index (χ3v) is 3.94. The average Bonchev–Trinajstić information content (AvgIpc) is 2.83. The Morgan fingerprint density at radius 2 is 2.47 bits per heavy atom. The molecule has 2 N–H and O–H groups in total. The fourth-order valence-electron chi connectivity index (χ4n) is 2.69. The summed E-state index contributed by atoms with van der Waals surface area (Å²) in [6.45, 7) is 3.78. The molecule has 1 aromatic heterocycles. The summed E-state index contributed by atoms with van der Waals surface area (Å²) in [6, 6.07) is 2.03. The number of amides is 1. The van der Waals surface area contributed by atoms with Crippen molar-refractivity contribution >= 4 is 5.91 Å². The van der Waals surface area contributed by atoms with Crippen molar-refractivity contribution in [3.8, 4) is 0 Å². The van der Waals surface area contributed by atoms with Gasteiger partial charge in [0.05, 0.1) is 17.9 Å². The van der Waals surface area contributed by atoms with E-state index >= 15 is 0 Å². The summed E-state index contributed by atoms with van der Waals surface area (Å²) < 4.78 is 11.1. The number of carbonyl (C=O) groups excluding carboxylic acids is 1. The van der Waals surface area contributed by atoms with Gasteiger partial charge in [-0.1, -0.05) is 0 Å². The molecule has 2 heterocycles. The summed E-state index contributed by atoms with van der Waals surface area (Å²) in [5.41, 5.74) is 0.946. The average molecular weight is 264 g/mol. The van der Waals surface area contributed by atoms with Gasteiger partial charge in [0, 0.05) is 25.1 Å². The third kappa shape index (κ3) is 2.67. The molecule has 5 heteroatoms. The van der Waals surface area contributed by atoms with Crippen molar-refractivity contribution in [1.29, 1.82) is 0 Å². The number of rotatable bonds is 4. The number of hydrogen-bond donors (Lipinski definition) is 2. The van der Waals surface area contributed by atoms with E-state index in [0.29, 0.717) is 0 Å². The zero-order valence-corrected chi connectivity index (χ0v) is 11.2. The van der Waals surface area contributed by atoms with E-state index in [9.17, 15) is 4.79 Å². The predicted molar refractivity (Wildman–Crippen MR) is 69.8 cm³/mol. The molecule has 1 aliphatic carbocycles. The number of fused-ring (bicyclic) bond motifs is 1. The Balaban J connectivity index is 1.53. The van der Waals surface area contributed by atoms with Gasteiger partial charge in [0.1, 0.15) is 12.4 Å². The lowest BCUT2D eigenvalue weighted by Crippen LogP contribution is -2.59. The Kier molecular flexibility index (Phi) is 3.33. The zero-order chi connectivity index (χ0) is 13.3. The SMILES string of the molecule is CC1(OCC(=O)NC2CCCc3occc32)CNC1. The second-order valence-corrected chi connectivity index (χ2v) is 5.65. The van der Waals surface area contributed by atoms with Crippen LogP contribution in [0.25, 0.3) is 0 Å². The lowest BCUT2D eigenvalue weighted by atomic mass is 9.93. The summed E-state index contributed by atoms with van der Waals surface area (Å²) in [4.78, 5) is 11.9. The molecular weight excluding hydrogens is 244 g/mol.